The third kappa shape index (κ3) is 4.45. The highest BCUT2D eigenvalue weighted by Gasteiger charge is 2.21. The summed E-state index contributed by atoms with van der Waals surface area (Å²) in [5.41, 5.74) is 11.7. The van der Waals surface area contributed by atoms with Crippen LogP contribution in [0.2, 0.25) is 0 Å². The second kappa shape index (κ2) is 11.1. The summed E-state index contributed by atoms with van der Waals surface area (Å²) in [6.45, 7) is 0. The van der Waals surface area contributed by atoms with E-state index in [0.717, 1.165) is 22.7 Å². The molecule has 1 aromatic heterocycles. The first kappa shape index (κ1) is 25.8. The van der Waals surface area contributed by atoms with E-state index in [9.17, 15) is 0 Å². The topological polar surface area (TPSA) is 8.17 Å². The lowest BCUT2D eigenvalue weighted by Crippen LogP contribution is -2.11. The maximum Gasteiger partial charge on any atom is 0.0620 e. The number of benzene rings is 7. The first-order chi connectivity index (χ1) is 21.9. The average molecular weight is 563 g/mol. The van der Waals surface area contributed by atoms with Crippen LogP contribution in [0.5, 0.6) is 0 Å². The standard InChI is InChI=1S/C42H30N2/c1-4-15-31(16-5-1)32-27-29-35(30-28-32)43(33-17-6-2-7-18-33)40-25-12-10-21-36(40)38-23-14-24-39-37-22-11-13-26-41(37)44(42(38)39)34-19-8-3-9-20-34/h1-30H. The Balaban J connectivity index is 1.37. The van der Waals surface area contributed by atoms with E-state index in [1.54, 1.807) is 0 Å². The van der Waals surface area contributed by atoms with Crippen molar-refractivity contribution in [1.82, 2.24) is 4.57 Å². The molecule has 0 fully saturated rings. The van der Waals surface area contributed by atoms with E-state index >= 15 is 0 Å². The summed E-state index contributed by atoms with van der Waals surface area (Å²) in [5.74, 6) is 0. The summed E-state index contributed by atoms with van der Waals surface area (Å²) < 4.78 is 2.41. The zero-order valence-corrected chi connectivity index (χ0v) is 24.2. The largest absolute Gasteiger partial charge is 0.310 e. The average Bonchev–Trinajstić information content (AvgIpc) is 3.45. The van der Waals surface area contributed by atoms with Gasteiger partial charge in [-0.2, -0.15) is 0 Å². The minimum atomic E-state index is 1.11. The maximum absolute atomic E-state index is 2.41. The highest BCUT2D eigenvalue weighted by Crippen LogP contribution is 2.45. The van der Waals surface area contributed by atoms with Gasteiger partial charge < -0.3 is 9.47 Å². The number of anilines is 3. The molecule has 7 aromatic carbocycles. The molecular formula is C42H30N2. The van der Waals surface area contributed by atoms with E-state index < -0.39 is 0 Å². The van der Waals surface area contributed by atoms with Gasteiger partial charge in [-0.3, -0.25) is 0 Å². The molecule has 2 nitrogen and oxygen atoms in total. The number of hydrogen-bond donors (Lipinski definition) is 0. The lowest BCUT2D eigenvalue weighted by atomic mass is 9.98. The lowest BCUT2D eigenvalue weighted by Gasteiger charge is -2.28. The first-order valence-electron chi connectivity index (χ1n) is 15.0. The minimum Gasteiger partial charge on any atom is -0.310 e. The molecule has 2 heteroatoms. The number of fused-ring (bicyclic) bond motifs is 3. The van der Waals surface area contributed by atoms with E-state index in [4.69, 9.17) is 0 Å². The second-order valence-corrected chi connectivity index (χ2v) is 11.0. The highest BCUT2D eigenvalue weighted by molar-refractivity contribution is 6.14. The molecule has 0 amide bonds. The maximum atomic E-state index is 2.41. The molecule has 208 valence electrons. The predicted octanol–water partition coefficient (Wildman–Crippen LogP) is 11.6. The zero-order chi connectivity index (χ0) is 29.3. The van der Waals surface area contributed by atoms with Crippen molar-refractivity contribution in [3.8, 4) is 27.9 Å². The van der Waals surface area contributed by atoms with Gasteiger partial charge in [0.1, 0.15) is 0 Å². The van der Waals surface area contributed by atoms with Gasteiger partial charge in [-0.1, -0.05) is 133 Å². The van der Waals surface area contributed by atoms with Crippen LogP contribution < -0.4 is 4.90 Å². The van der Waals surface area contributed by atoms with Crippen molar-refractivity contribution < 1.29 is 0 Å². The van der Waals surface area contributed by atoms with Crippen LogP contribution in [0.1, 0.15) is 0 Å². The molecule has 44 heavy (non-hydrogen) atoms. The normalized spacial score (nSPS) is 11.2. The van der Waals surface area contributed by atoms with Crippen molar-refractivity contribution >= 4 is 38.9 Å². The Morgan fingerprint density at radius 2 is 0.909 bits per heavy atom. The summed E-state index contributed by atoms with van der Waals surface area (Å²) in [6, 6.07) is 65.0. The van der Waals surface area contributed by atoms with Crippen molar-refractivity contribution in [3.05, 3.63) is 182 Å². The van der Waals surface area contributed by atoms with Crippen molar-refractivity contribution in [2.75, 3.05) is 4.90 Å². The van der Waals surface area contributed by atoms with Crippen LogP contribution in [0, 0.1) is 0 Å². The summed E-state index contributed by atoms with van der Waals surface area (Å²) in [4.78, 5) is 2.37. The molecule has 0 N–H and O–H groups in total. The van der Waals surface area contributed by atoms with Crippen LogP contribution in [-0.2, 0) is 0 Å². The summed E-state index contributed by atoms with van der Waals surface area (Å²) >= 11 is 0. The minimum absolute atomic E-state index is 1.11. The van der Waals surface area contributed by atoms with Crippen LogP contribution in [0.15, 0.2) is 182 Å². The summed E-state index contributed by atoms with van der Waals surface area (Å²) in [6.07, 6.45) is 0. The molecule has 8 aromatic rings. The second-order valence-electron chi connectivity index (χ2n) is 11.0. The fourth-order valence-electron chi connectivity index (χ4n) is 6.42. The monoisotopic (exact) mass is 562 g/mol. The molecule has 0 saturated heterocycles. The third-order valence-corrected chi connectivity index (χ3v) is 8.39. The van der Waals surface area contributed by atoms with Gasteiger partial charge >= 0.3 is 0 Å². The Bertz CT molecular complexity index is 2200. The molecular weight excluding hydrogens is 532 g/mol. The molecule has 0 aliphatic rings. The van der Waals surface area contributed by atoms with Gasteiger partial charge in [0.05, 0.1) is 16.7 Å². The third-order valence-electron chi connectivity index (χ3n) is 8.39. The molecule has 0 aliphatic carbocycles. The molecule has 0 radical (unpaired) electrons. The van der Waals surface area contributed by atoms with Gasteiger partial charge in [-0.15, -0.1) is 0 Å². The number of rotatable bonds is 6. The van der Waals surface area contributed by atoms with Crippen molar-refractivity contribution in [2.24, 2.45) is 0 Å². The van der Waals surface area contributed by atoms with E-state index in [1.807, 2.05) is 0 Å². The van der Waals surface area contributed by atoms with Gasteiger partial charge in [0, 0.05) is 39.0 Å². The SMILES string of the molecule is c1ccc(-c2ccc(N(c3ccccc3)c3ccccc3-c3cccc4c5ccccc5n(-c5ccccc5)c34)cc2)cc1. The van der Waals surface area contributed by atoms with Crippen LogP contribution in [-0.4, -0.2) is 4.57 Å². The Morgan fingerprint density at radius 1 is 0.364 bits per heavy atom. The number of hydrogen-bond acceptors (Lipinski definition) is 1. The Labute approximate surface area is 257 Å². The Hall–Kier alpha value is -5.86. The molecule has 0 saturated carbocycles. The fraction of sp³-hybridized carbons (Fsp3) is 0. The van der Waals surface area contributed by atoms with Crippen molar-refractivity contribution in [1.29, 1.82) is 0 Å². The van der Waals surface area contributed by atoms with Crippen molar-refractivity contribution in [2.45, 2.75) is 0 Å². The molecule has 0 atom stereocenters. The molecule has 0 spiro atoms. The molecule has 8 rings (SSSR count). The zero-order valence-electron chi connectivity index (χ0n) is 24.2. The molecule has 1 heterocycles. The van der Waals surface area contributed by atoms with E-state index in [2.05, 4.69) is 191 Å². The highest BCUT2D eigenvalue weighted by atomic mass is 15.1. The van der Waals surface area contributed by atoms with E-state index in [0.29, 0.717) is 0 Å². The van der Waals surface area contributed by atoms with Crippen molar-refractivity contribution in [3.63, 3.8) is 0 Å². The summed E-state index contributed by atoms with van der Waals surface area (Å²) in [5, 5.41) is 2.50. The molecule has 0 aliphatic heterocycles. The van der Waals surface area contributed by atoms with Gasteiger partial charge in [-0.25, -0.2) is 0 Å². The van der Waals surface area contributed by atoms with E-state index in [-0.39, 0.29) is 0 Å². The Kier molecular flexibility index (Phi) is 6.51. The van der Waals surface area contributed by atoms with Gasteiger partial charge in [-0.05, 0) is 59.7 Å². The van der Waals surface area contributed by atoms with Gasteiger partial charge in [0.2, 0.25) is 0 Å². The van der Waals surface area contributed by atoms with Gasteiger partial charge in [0.25, 0.3) is 0 Å². The quantitative estimate of drug-likeness (QED) is 0.196. The number of para-hydroxylation sites is 5. The smallest absolute Gasteiger partial charge is 0.0620 e. The number of nitrogens with zero attached hydrogens (tertiary/aromatic N) is 2. The predicted molar refractivity (Wildman–Crippen MR) is 186 cm³/mol. The molecule has 0 bridgehead atoms. The Morgan fingerprint density at radius 3 is 1.68 bits per heavy atom. The van der Waals surface area contributed by atoms with Gasteiger partial charge in [0.15, 0.2) is 0 Å². The van der Waals surface area contributed by atoms with E-state index in [1.165, 1.54) is 44.1 Å². The van der Waals surface area contributed by atoms with Crippen LogP contribution >= 0.6 is 0 Å². The van der Waals surface area contributed by atoms with Crippen LogP contribution in [0.3, 0.4) is 0 Å². The fourth-order valence-corrected chi connectivity index (χ4v) is 6.42. The van der Waals surface area contributed by atoms with Crippen LogP contribution in [0.25, 0.3) is 49.7 Å². The molecule has 0 unspecified atom stereocenters. The first-order valence-corrected chi connectivity index (χ1v) is 15.0. The number of aromatic nitrogens is 1. The van der Waals surface area contributed by atoms with Crippen LogP contribution in [0.4, 0.5) is 17.1 Å². The summed E-state index contributed by atoms with van der Waals surface area (Å²) in [7, 11) is 0. The lowest BCUT2D eigenvalue weighted by molar-refractivity contribution is 1.18.